The molecule has 4 heteroatoms. The third-order valence-corrected chi connectivity index (χ3v) is 3.61. The highest BCUT2D eigenvalue weighted by atomic mass is 16.5. The summed E-state index contributed by atoms with van der Waals surface area (Å²) in [4.78, 5) is 0. The van der Waals surface area contributed by atoms with Gasteiger partial charge in [0.25, 0.3) is 0 Å². The number of benzene rings is 1. The second-order valence-corrected chi connectivity index (χ2v) is 5.62. The summed E-state index contributed by atoms with van der Waals surface area (Å²) < 4.78 is 11.1. The van der Waals surface area contributed by atoms with E-state index in [1.165, 1.54) is 19.3 Å². The molecule has 2 aromatic rings. The molecule has 23 heavy (non-hydrogen) atoms. The van der Waals surface area contributed by atoms with Crippen LogP contribution in [0.15, 0.2) is 47.1 Å². The first-order valence-corrected chi connectivity index (χ1v) is 8.58. The van der Waals surface area contributed by atoms with Crippen molar-refractivity contribution in [2.24, 2.45) is 0 Å². The van der Waals surface area contributed by atoms with E-state index in [-0.39, 0.29) is 0 Å². The second kappa shape index (κ2) is 10.7. The van der Waals surface area contributed by atoms with Crippen LogP contribution in [0, 0.1) is 0 Å². The van der Waals surface area contributed by atoms with Gasteiger partial charge in [0.1, 0.15) is 11.5 Å². The summed E-state index contributed by atoms with van der Waals surface area (Å²) in [7, 11) is 0. The number of unbranched alkanes of at least 4 members (excludes halogenated alkanes) is 3. The Labute approximate surface area is 139 Å². The van der Waals surface area contributed by atoms with E-state index in [2.05, 4.69) is 29.7 Å². The lowest BCUT2D eigenvalue weighted by molar-refractivity contribution is 0.305. The van der Waals surface area contributed by atoms with Crippen LogP contribution in [-0.4, -0.2) is 19.7 Å². The number of anilines is 1. The largest absolute Gasteiger partial charge is 0.494 e. The zero-order chi connectivity index (χ0) is 16.2. The van der Waals surface area contributed by atoms with Gasteiger partial charge in [0.05, 0.1) is 19.4 Å². The first kappa shape index (κ1) is 17.4. The lowest BCUT2D eigenvalue weighted by Gasteiger charge is -2.10. The van der Waals surface area contributed by atoms with Gasteiger partial charge in [-0.1, -0.05) is 32.3 Å². The Hall–Kier alpha value is -1.94. The average Bonchev–Trinajstić information content (AvgIpc) is 3.08. The minimum atomic E-state index is 0.760. The van der Waals surface area contributed by atoms with Crippen LogP contribution < -0.4 is 15.4 Å². The van der Waals surface area contributed by atoms with Gasteiger partial charge in [0.15, 0.2) is 0 Å². The van der Waals surface area contributed by atoms with Crippen molar-refractivity contribution in [1.82, 2.24) is 5.32 Å². The molecule has 1 aromatic heterocycles. The van der Waals surface area contributed by atoms with E-state index in [0.29, 0.717) is 0 Å². The van der Waals surface area contributed by atoms with Crippen molar-refractivity contribution in [1.29, 1.82) is 0 Å². The molecule has 4 nitrogen and oxygen atoms in total. The maximum atomic E-state index is 5.80. The average molecular weight is 316 g/mol. The van der Waals surface area contributed by atoms with Gasteiger partial charge < -0.3 is 19.8 Å². The minimum absolute atomic E-state index is 0.760. The number of ether oxygens (including phenoxy) is 1. The van der Waals surface area contributed by atoms with Crippen LogP contribution in [-0.2, 0) is 6.54 Å². The Morgan fingerprint density at radius 1 is 1.04 bits per heavy atom. The van der Waals surface area contributed by atoms with Crippen LogP contribution in [0.1, 0.15) is 38.4 Å². The predicted octanol–water partition coefficient (Wildman–Crippen LogP) is 4.44. The fraction of sp³-hybridized carbons (Fsp3) is 0.474. The topological polar surface area (TPSA) is 46.4 Å². The van der Waals surface area contributed by atoms with Crippen LogP contribution in [0.3, 0.4) is 0 Å². The maximum Gasteiger partial charge on any atom is 0.121 e. The van der Waals surface area contributed by atoms with E-state index in [0.717, 1.165) is 49.9 Å². The molecule has 0 saturated carbocycles. The highest BCUT2D eigenvalue weighted by Crippen LogP contribution is 2.17. The molecule has 0 unspecified atom stereocenters. The molecule has 0 aliphatic carbocycles. The van der Waals surface area contributed by atoms with E-state index in [1.807, 2.05) is 24.3 Å². The van der Waals surface area contributed by atoms with Crippen LogP contribution in [0.25, 0.3) is 0 Å². The summed E-state index contributed by atoms with van der Waals surface area (Å²) in [6.45, 7) is 5.52. The number of hydrogen-bond donors (Lipinski definition) is 2. The van der Waals surface area contributed by atoms with Gasteiger partial charge in [0, 0.05) is 24.8 Å². The summed E-state index contributed by atoms with van der Waals surface area (Å²) >= 11 is 0. The molecule has 2 rings (SSSR count). The third-order valence-electron chi connectivity index (χ3n) is 3.61. The predicted molar refractivity (Wildman–Crippen MR) is 95.0 cm³/mol. The Balaban J connectivity index is 1.60. The molecule has 0 bridgehead atoms. The van der Waals surface area contributed by atoms with Gasteiger partial charge >= 0.3 is 0 Å². The zero-order valence-corrected chi connectivity index (χ0v) is 14.0. The Kier molecular flexibility index (Phi) is 8.12. The quantitative estimate of drug-likeness (QED) is 0.568. The second-order valence-electron chi connectivity index (χ2n) is 5.62. The Morgan fingerprint density at radius 3 is 2.83 bits per heavy atom. The summed E-state index contributed by atoms with van der Waals surface area (Å²) in [5.74, 6) is 1.90. The van der Waals surface area contributed by atoms with Gasteiger partial charge in [-0.25, -0.2) is 0 Å². The Morgan fingerprint density at radius 2 is 2.00 bits per heavy atom. The van der Waals surface area contributed by atoms with E-state index in [1.54, 1.807) is 6.26 Å². The van der Waals surface area contributed by atoms with Gasteiger partial charge in [-0.05, 0) is 30.7 Å². The molecule has 0 radical (unpaired) electrons. The summed E-state index contributed by atoms with van der Waals surface area (Å²) in [5, 5.41) is 6.74. The van der Waals surface area contributed by atoms with E-state index >= 15 is 0 Å². The van der Waals surface area contributed by atoms with Gasteiger partial charge in [0.2, 0.25) is 0 Å². The fourth-order valence-corrected chi connectivity index (χ4v) is 2.33. The molecular weight excluding hydrogens is 288 g/mol. The summed E-state index contributed by atoms with van der Waals surface area (Å²) in [6, 6.07) is 12.0. The molecule has 126 valence electrons. The molecule has 1 aromatic carbocycles. The lowest BCUT2D eigenvalue weighted by atomic mass is 10.2. The molecule has 1 heterocycles. The van der Waals surface area contributed by atoms with Crippen molar-refractivity contribution in [3.8, 4) is 5.75 Å². The third kappa shape index (κ3) is 7.24. The standard InChI is InChI=1S/C19H28N2O2/c1-2-3-4-5-13-22-18-9-6-8-17(15-18)21-12-11-20-16-19-10-7-14-23-19/h6-10,14-15,20-21H,2-5,11-13,16H2,1H3. The maximum absolute atomic E-state index is 5.80. The smallest absolute Gasteiger partial charge is 0.121 e. The number of hydrogen-bond acceptors (Lipinski definition) is 4. The monoisotopic (exact) mass is 316 g/mol. The lowest BCUT2D eigenvalue weighted by Crippen LogP contribution is -2.21. The first-order chi connectivity index (χ1) is 11.4. The van der Waals surface area contributed by atoms with Gasteiger partial charge in [-0.3, -0.25) is 0 Å². The van der Waals surface area contributed by atoms with Crippen LogP contribution >= 0.6 is 0 Å². The summed E-state index contributed by atoms with van der Waals surface area (Å²) in [6.07, 6.45) is 6.62. The van der Waals surface area contributed by atoms with E-state index < -0.39 is 0 Å². The van der Waals surface area contributed by atoms with E-state index in [4.69, 9.17) is 9.15 Å². The molecule has 0 aliphatic heterocycles. The molecule has 0 amide bonds. The van der Waals surface area contributed by atoms with Crippen molar-refractivity contribution < 1.29 is 9.15 Å². The fourth-order valence-electron chi connectivity index (χ4n) is 2.33. The molecule has 0 saturated heterocycles. The molecule has 0 aliphatic rings. The molecule has 0 spiro atoms. The van der Waals surface area contributed by atoms with Crippen LogP contribution in [0.5, 0.6) is 5.75 Å². The van der Waals surface area contributed by atoms with Crippen molar-refractivity contribution in [3.05, 3.63) is 48.4 Å². The molecule has 0 fully saturated rings. The summed E-state index contributed by atoms with van der Waals surface area (Å²) in [5.41, 5.74) is 1.09. The van der Waals surface area contributed by atoms with Crippen molar-refractivity contribution in [2.75, 3.05) is 25.0 Å². The Bertz CT molecular complexity index is 526. The minimum Gasteiger partial charge on any atom is -0.494 e. The SMILES string of the molecule is CCCCCCOc1cccc(NCCNCc2ccco2)c1. The van der Waals surface area contributed by atoms with Gasteiger partial charge in [-0.15, -0.1) is 0 Å². The van der Waals surface area contributed by atoms with Gasteiger partial charge in [-0.2, -0.15) is 0 Å². The molecular formula is C19H28N2O2. The van der Waals surface area contributed by atoms with Crippen LogP contribution in [0.4, 0.5) is 5.69 Å². The normalized spacial score (nSPS) is 10.7. The van der Waals surface area contributed by atoms with Crippen molar-refractivity contribution in [3.63, 3.8) is 0 Å². The number of rotatable bonds is 12. The highest BCUT2D eigenvalue weighted by Gasteiger charge is 1.98. The highest BCUT2D eigenvalue weighted by molar-refractivity contribution is 5.48. The molecule has 2 N–H and O–H groups in total. The molecule has 0 atom stereocenters. The van der Waals surface area contributed by atoms with Crippen LogP contribution in [0.2, 0.25) is 0 Å². The first-order valence-electron chi connectivity index (χ1n) is 8.58. The number of nitrogens with one attached hydrogen (secondary N) is 2. The van der Waals surface area contributed by atoms with E-state index in [9.17, 15) is 0 Å². The number of furan rings is 1. The zero-order valence-electron chi connectivity index (χ0n) is 14.0. The van der Waals surface area contributed by atoms with Crippen molar-refractivity contribution >= 4 is 5.69 Å². The van der Waals surface area contributed by atoms with Crippen molar-refractivity contribution in [2.45, 2.75) is 39.2 Å².